The molecule has 0 aromatic heterocycles. The van der Waals surface area contributed by atoms with Crippen LogP contribution in [0.5, 0.6) is 0 Å². The Kier molecular flexibility index (Phi) is 5.95. The minimum atomic E-state index is -0.501. The van der Waals surface area contributed by atoms with Crippen LogP contribution >= 0.6 is 0 Å². The quantitative estimate of drug-likeness (QED) is 0.739. The van der Waals surface area contributed by atoms with Crippen LogP contribution in [0.2, 0.25) is 0 Å². The smallest absolute Gasteiger partial charge is 0.226 e. The molecule has 0 aromatic carbocycles. The van der Waals surface area contributed by atoms with Crippen molar-refractivity contribution in [3.05, 3.63) is 36.5 Å². The summed E-state index contributed by atoms with van der Waals surface area (Å²) in [5.41, 5.74) is 5.02. The number of hydrogen-bond acceptors (Lipinski definition) is 4. The Hall–Kier alpha value is -1.88. The van der Waals surface area contributed by atoms with Gasteiger partial charge in [-0.15, -0.1) is 0 Å². The van der Waals surface area contributed by atoms with Gasteiger partial charge in [-0.25, -0.2) is 0 Å². The molecule has 2 atom stereocenters. The third-order valence-electron chi connectivity index (χ3n) is 3.93. The number of nitrogens with one attached hydrogen (secondary N) is 1. The lowest BCUT2D eigenvalue weighted by molar-refractivity contribution is -0.140. The molecule has 2 aliphatic heterocycles. The monoisotopic (exact) mass is 303 g/mol. The van der Waals surface area contributed by atoms with Crippen molar-refractivity contribution in [2.75, 3.05) is 6.54 Å². The van der Waals surface area contributed by atoms with Crippen LogP contribution in [0.1, 0.15) is 39.0 Å². The first-order valence-electron chi connectivity index (χ1n) is 7.95. The standard InChI is InChI=1S/C17H25N3O2/c1-3-5-6-8-13(7-4-2)15-12-16(19-18-15)20-10-9-14(21)11-17(20)22/h4,6-8,14,16,19,21H,2-3,5,9-12H2,1H3/b8-6-,13-7+. The molecule has 120 valence electrons. The summed E-state index contributed by atoms with van der Waals surface area (Å²) in [5, 5.41) is 13.9. The molecule has 2 heterocycles. The number of hydrazone groups is 1. The van der Waals surface area contributed by atoms with E-state index in [9.17, 15) is 9.90 Å². The highest BCUT2D eigenvalue weighted by molar-refractivity contribution is 6.04. The van der Waals surface area contributed by atoms with Crippen molar-refractivity contribution in [3.63, 3.8) is 0 Å². The van der Waals surface area contributed by atoms with Crippen molar-refractivity contribution in [3.8, 4) is 0 Å². The first-order valence-corrected chi connectivity index (χ1v) is 7.95. The number of likely N-dealkylation sites (tertiary alicyclic amines) is 1. The van der Waals surface area contributed by atoms with E-state index in [1.807, 2.05) is 6.08 Å². The van der Waals surface area contributed by atoms with E-state index in [0.29, 0.717) is 19.4 Å². The molecule has 0 saturated carbocycles. The number of hydrogen-bond donors (Lipinski definition) is 2. The van der Waals surface area contributed by atoms with Crippen LogP contribution < -0.4 is 5.43 Å². The van der Waals surface area contributed by atoms with E-state index in [1.165, 1.54) is 0 Å². The summed E-state index contributed by atoms with van der Waals surface area (Å²) in [6.07, 6.45) is 10.9. The van der Waals surface area contributed by atoms with Crippen molar-refractivity contribution in [2.24, 2.45) is 5.10 Å². The van der Waals surface area contributed by atoms with Gasteiger partial charge in [-0.05, 0) is 18.4 Å². The van der Waals surface area contributed by atoms with Crippen LogP contribution in [-0.4, -0.2) is 40.4 Å². The lowest BCUT2D eigenvalue weighted by atomic mass is 10.0. The largest absolute Gasteiger partial charge is 0.393 e. The summed E-state index contributed by atoms with van der Waals surface area (Å²) >= 11 is 0. The van der Waals surface area contributed by atoms with Gasteiger partial charge < -0.3 is 10.0 Å². The fraction of sp³-hybridized carbons (Fsp3) is 0.529. The second kappa shape index (κ2) is 7.94. The minimum absolute atomic E-state index is 0.0107. The number of piperidine rings is 1. The zero-order valence-corrected chi connectivity index (χ0v) is 13.2. The molecule has 1 amide bonds. The number of nitrogens with zero attached hydrogens (tertiary/aromatic N) is 2. The van der Waals surface area contributed by atoms with Crippen molar-refractivity contribution in [1.29, 1.82) is 0 Å². The van der Waals surface area contributed by atoms with Crippen LogP contribution in [0.4, 0.5) is 0 Å². The molecule has 0 spiro atoms. The second-order valence-corrected chi connectivity index (χ2v) is 5.69. The Morgan fingerprint density at radius 1 is 1.55 bits per heavy atom. The highest BCUT2D eigenvalue weighted by Crippen LogP contribution is 2.20. The molecule has 0 bridgehead atoms. The molecule has 0 aromatic rings. The van der Waals surface area contributed by atoms with Gasteiger partial charge in [0, 0.05) is 13.0 Å². The van der Waals surface area contributed by atoms with Crippen LogP contribution in [0.25, 0.3) is 0 Å². The average Bonchev–Trinajstić information content (AvgIpc) is 2.96. The minimum Gasteiger partial charge on any atom is -0.393 e. The molecule has 5 heteroatoms. The predicted octanol–water partition coefficient (Wildman–Crippen LogP) is 2.11. The first-order chi connectivity index (χ1) is 10.7. The van der Waals surface area contributed by atoms with Gasteiger partial charge in [0.05, 0.1) is 18.2 Å². The zero-order chi connectivity index (χ0) is 15.9. The normalized spacial score (nSPS) is 26.3. The van der Waals surface area contributed by atoms with E-state index in [-0.39, 0.29) is 18.5 Å². The highest BCUT2D eigenvalue weighted by Gasteiger charge is 2.33. The third kappa shape index (κ3) is 4.07. The Morgan fingerprint density at radius 2 is 2.36 bits per heavy atom. The summed E-state index contributed by atoms with van der Waals surface area (Å²) in [5.74, 6) is -0.0107. The molecule has 0 radical (unpaired) electrons. The van der Waals surface area contributed by atoms with Crippen molar-refractivity contribution in [1.82, 2.24) is 10.3 Å². The molecule has 2 aliphatic rings. The first kappa shape index (κ1) is 16.5. The summed E-state index contributed by atoms with van der Waals surface area (Å²) in [6, 6.07) is 0. The second-order valence-electron chi connectivity index (χ2n) is 5.69. The fourth-order valence-corrected chi connectivity index (χ4v) is 2.70. The molecule has 2 unspecified atom stereocenters. The van der Waals surface area contributed by atoms with E-state index >= 15 is 0 Å². The van der Waals surface area contributed by atoms with Gasteiger partial charge in [-0.2, -0.15) is 5.10 Å². The van der Waals surface area contributed by atoms with Gasteiger partial charge in [0.15, 0.2) is 0 Å². The number of amides is 1. The lowest BCUT2D eigenvalue weighted by Gasteiger charge is -2.33. The number of rotatable bonds is 6. The molecule has 22 heavy (non-hydrogen) atoms. The number of aliphatic hydroxyl groups excluding tert-OH is 1. The van der Waals surface area contributed by atoms with E-state index in [1.54, 1.807) is 11.0 Å². The summed E-state index contributed by atoms with van der Waals surface area (Å²) < 4.78 is 0. The summed E-state index contributed by atoms with van der Waals surface area (Å²) in [7, 11) is 0. The van der Waals surface area contributed by atoms with Crippen LogP contribution in [-0.2, 0) is 4.79 Å². The number of carbonyl (C=O) groups is 1. The maximum absolute atomic E-state index is 12.0. The van der Waals surface area contributed by atoms with E-state index in [4.69, 9.17) is 0 Å². The molecular weight excluding hydrogens is 278 g/mol. The highest BCUT2D eigenvalue weighted by atomic mass is 16.3. The Bertz CT molecular complexity index is 508. The van der Waals surface area contributed by atoms with Crippen molar-refractivity contribution < 1.29 is 9.90 Å². The maximum atomic E-state index is 12.0. The van der Waals surface area contributed by atoms with Crippen LogP contribution in [0.3, 0.4) is 0 Å². The SMILES string of the molecule is C=C/C=C(\C=C/CCC)C1=NNC(N2CCC(O)CC2=O)C1. The van der Waals surface area contributed by atoms with Gasteiger partial charge in [0.25, 0.3) is 0 Å². The average molecular weight is 303 g/mol. The third-order valence-corrected chi connectivity index (χ3v) is 3.93. The van der Waals surface area contributed by atoms with Crippen molar-refractivity contribution in [2.45, 2.75) is 51.3 Å². The van der Waals surface area contributed by atoms with Gasteiger partial charge in [-0.3, -0.25) is 10.2 Å². The topological polar surface area (TPSA) is 64.9 Å². The molecule has 5 nitrogen and oxygen atoms in total. The Morgan fingerprint density at radius 3 is 3.05 bits per heavy atom. The summed E-state index contributed by atoms with van der Waals surface area (Å²) in [6.45, 7) is 6.47. The number of allylic oxidation sites excluding steroid dienone is 5. The molecule has 1 saturated heterocycles. The maximum Gasteiger partial charge on any atom is 0.226 e. The number of aliphatic hydroxyl groups is 1. The van der Waals surface area contributed by atoms with Gasteiger partial charge >= 0.3 is 0 Å². The van der Waals surface area contributed by atoms with Gasteiger partial charge in [0.1, 0.15) is 6.17 Å². The van der Waals surface area contributed by atoms with E-state index in [0.717, 1.165) is 24.1 Å². The van der Waals surface area contributed by atoms with Crippen molar-refractivity contribution >= 4 is 11.6 Å². The Labute approximate surface area is 132 Å². The summed E-state index contributed by atoms with van der Waals surface area (Å²) in [4.78, 5) is 13.8. The fourth-order valence-electron chi connectivity index (χ4n) is 2.70. The van der Waals surface area contributed by atoms with Gasteiger partial charge in [-0.1, -0.05) is 44.2 Å². The zero-order valence-electron chi connectivity index (χ0n) is 13.2. The molecule has 2 rings (SSSR count). The number of unbranched alkanes of at least 4 members (excludes halogenated alkanes) is 1. The van der Waals surface area contributed by atoms with Crippen LogP contribution in [0.15, 0.2) is 41.6 Å². The predicted molar refractivity (Wildman–Crippen MR) is 88.3 cm³/mol. The molecular formula is C17H25N3O2. The molecule has 1 fully saturated rings. The molecule has 2 N–H and O–H groups in total. The number of carbonyl (C=O) groups excluding carboxylic acids is 1. The van der Waals surface area contributed by atoms with Crippen LogP contribution in [0, 0.1) is 0 Å². The van der Waals surface area contributed by atoms with E-state index < -0.39 is 6.10 Å². The lowest BCUT2D eigenvalue weighted by Crippen LogP contribution is -2.50. The van der Waals surface area contributed by atoms with Gasteiger partial charge in [0.2, 0.25) is 5.91 Å². The molecule has 0 aliphatic carbocycles. The van der Waals surface area contributed by atoms with E-state index in [2.05, 4.69) is 36.2 Å². The Balaban J connectivity index is 1.99.